The zero-order valence-corrected chi connectivity index (χ0v) is 30.4. The predicted molar refractivity (Wildman–Crippen MR) is 231 cm³/mol. The maximum Gasteiger partial charge on any atom is 0.164 e. The van der Waals surface area contributed by atoms with E-state index < -0.39 is 0 Å². The monoisotopic (exact) mass is 714 g/mol. The van der Waals surface area contributed by atoms with Gasteiger partial charge in [-0.1, -0.05) is 176 Å². The molecule has 0 saturated heterocycles. The highest BCUT2D eigenvalue weighted by Gasteiger charge is 2.16. The third-order valence-electron chi connectivity index (χ3n) is 10.3. The van der Waals surface area contributed by atoms with Crippen LogP contribution in [0.15, 0.2) is 206 Å². The molecular formula is C52H34N4. The number of pyridine rings is 1. The third-order valence-corrected chi connectivity index (χ3v) is 10.3. The zero-order valence-electron chi connectivity index (χ0n) is 30.4. The lowest BCUT2D eigenvalue weighted by Gasteiger charge is -2.14. The van der Waals surface area contributed by atoms with Gasteiger partial charge in [0.05, 0.1) is 11.2 Å². The quantitative estimate of drug-likeness (QED) is 0.154. The van der Waals surface area contributed by atoms with Crippen LogP contribution >= 0.6 is 0 Å². The zero-order chi connectivity index (χ0) is 37.3. The molecule has 0 unspecified atom stereocenters. The lowest BCUT2D eigenvalue weighted by molar-refractivity contribution is 1.07. The molecule has 2 heterocycles. The molecule has 10 rings (SSSR count). The first-order chi connectivity index (χ1) is 27.7. The fourth-order valence-electron chi connectivity index (χ4n) is 7.49. The Labute approximate surface area is 325 Å². The first kappa shape index (κ1) is 33.0. The van der Waals surface area contributed by atoms with Crippen molar-refractivity contribution in [1.82, 2.24) is 19.9 Å². The molecule has 0 fully saturated rings. The van der Waals surface area contributed by atoms with Gasteiger partial charge in [-0.25, -0.2) is 19.9 Å². The van der Waals surface area contributed by atoms with Crippen LogP contribution in [0.4, 0.5) is 0 Å². The number of fused-ring (bicyclic) bond motifs is 3. The summed E-state index contributed by atoms with van der Waals surface area (Å²) in [4.78, 5) is 20.4. The molecule has 0 aliphatic carbocycles. The molecule has 0 spiro atoms. The minimum atomic E-state index is 0.621. The van der Waals surface area contributed by atoms with Gasteiger partial charge in [-0.15, -0.1) is 0 Å². The molecule has 262 valence electrons. The summed E-state index contributed by atoms with van der Waals surface area (Å²) in [6, 6.07) is 71.7. The Morgan fingerprint density at radius 3 is 1.32 bits per heavy atom. The van der Waals surface area contributed by atoms with Gasteiger partial charge in [0.15, 0.2) is 17.5 Å². The van der Waals surface area contributed by atoms with Crippen LogP contribution < -0.4 is 0 Å². The van der Waals surface area contributed by atoms with E-state index in [4.69, 9.17) is 19.9 Å². The van der Waals surface area contributed by atoms with Crippen LogP contribution in [0.1, 0.15) is 0 Å². The van der Waals surface area contributed by atoms with E-state index in [9.17, 15) is 0 Å². The molecule has 10 aromatic rings. The van der Waals surface area contributed by atoms with Crippen molar-refractivity contribution in [2.45, 2.75) is 0 Å². The molecule has 4 nitrogen and oxygen atoms in total. The number of hydrogen-bond acceptors (Lipinski definition) is 4. The average molecular weight is 715 g/mol. The van der Waals surface area contributed by atoms with Gasteiger partial charge in [0, 0.05) is 27.6 Å². The average Bonchev–Trinajstić information content (AvgIpc) is 3.29. The summed E-state index contributed by atoms with van der Waals surface area (Å²) in [5, 5.41) is 3.46. The van der Waals surface area contributed by atoms with Crippen LogP contribution in [0.2, 0.25) is 0 Å². The highest BCUT2D eigenvalue weighted by molar-refractivity contribution is 6.14. The first-order valence-electron chi connectivity index (χ1n) is 18.8. The summed E-state index contributed by atoms with van der Waals surface area (Å²) in [5.41, 5.74) is 12.6. The highest BCUT2D eigenvalue weighted by atomic mass is 15.0. The molecule has 0 N–H and O–H groups in total. The van der Waals surface area contributed by atoms with Crippen molar-refractivity contribution in [3.63, 3.8) is 0 Å². The molecule has 8 aromatic carbocycles. The van der Waals surface area contributed by atoms with Crippen LogP contribution in [-0.2, 0) is 0 Å². The minimum absolute atomic E-state index is 0.621. The van der Waals surface area contributed by atoms with Gasteiger partial charge in [-0.3, -0.25) is 0 Å². The van der Waals surface area contributed by atoms with Gasteiger partial charge in [0.25, 0.3) is 0 Å². The number of nitrogens with zero attached hydrogens (tertiary/aromatic N) is 4. The lowest BCUT2D eigenvalue weighted by Crippen LogP contribution is -2.00. The Kier molecular flexibility index (Phi) is 8.47. The van der Waals surface area contributed by atoms with Crippen molar-refractivity contribution >= 4 is 21.7 Å². The molecule has 0 amide bonds. The van der Waals surface area contributed by atoms with Gasteiger partial charge in [-0.2, -0.15) is 0 Å². The molecule has 0 bridgehead atoms. The molecule has 4 heteroatoms. The molecule has 56 heavy (non-hydrogen) atoms. The second-order valence-corrected chi connectivity index (χ2v) is 13.9. The van der Waals surface area contributed by atoms with Crippen LogP contribution in [0.5, 0.6) is 0 Å². The molecule has 2 aromatic heterocycles. The van der Waals surface area contributed by atoms with Crippen molar-refractivity contribution < 1.29 is 0 Å². The third kappa shape index (κ3) is 6.40. The van der Waals surface area contributed by atoms with E-state index in [1.54, 1.807) is 0 Å². The molecular weight excluding hydrogens is 681 g/mol. The van der Waals surface area contributed by atoms with Crippen LogP contribution in [0.3, 0.4) is 0 Å². The number of aromatic nitrogens is 4. The van der Waals surface area contributed by atoms with E-state index in [0.29, 0.717) is 17.5 Å². The second kappa shape index (κ2) is 14.3. The SMILES string of the molecule is c1ccc(-c2cccc(-c3nc(-c4ccccc4)nc(-c4cccc(-c5ccc6ccc7nc(-c8ccccc8)cc(-c8ccccc8)c7c6c5)c4)n3)c2)cc1. The molecule has 0 saturated carbocycles. The van der Waals surface area contributed by atoms with Crippen molar-refractivity contribution in [2.75, 3.05) is 0 Å². The van der Waals surface area contributed by atoms with Crippen molar-refractivity contribution in [3.8, 4) is 78.8 Å². The fourth-order valence-corrected chi connectivity index (χ4v) is 7.49. The van der Waals surface area contributed by atoms with E-state index >= 15 is 0 Å². The molecule has 0 atom stereocenters. The Balaban J connectivity index is 1.11. The van der Waals surface area contributed by atoms with Crippen LogP contribution in [0.25, 0.3) is 100 Å². The number of benzene rings is 8. The maximum absolute atomic E-state index is 5.20. The number of hydrogen-bond donors (Lipinski definition) is 0. The summed E-state index contributed by atoms with van der Waals surface area (Å²) in [6.07, 6.45) is 0. The Bertz CT molecular complexity index is 3000. The first-order valence-corrected chi connectivity index (χ1v) is 18.8. The second-order valence-electron chi connectivity index (χ2n) is 13.9. The largest absolute Gasteiger partial charge is 0.248 e. The van der Waals surface area contributed by atoms with E-state index in [1.165, 1.54) is 0 Å². The van der Waals surface area contributed by atoms with Crippen molar-refractivity contribution in [1.29, 1.82) is 0 Å². The van der Waals surface area contributed by atoms with Crippen LogP contribution in [0, 0.1) is 0 Å². The Morgan fingerprint density at radius 1 is 0.268 bits per heavy atom. The standard InChI is InChI=1S/C52H34N4/c1-5-15-35(16-6-1)40-23-13-25-43(31-40)51-54-50(39-21-11-4-12-22-39)55-52(56-51)44-26-14-24-41(32-44)42-28-27-37-29-30-47-49(45(37)33-42)46(36-17-7-2-8-18-36)34-48(53-47)38-19-9-3-10-20-38/h1-34H. The normalized spacial score (nSPS) is 11.2. The van der Waals surface area contributed by atoms with Gasteiger partial charge in [0.2, 0.25) is 0 Å². The Hall–Kier alpha value is -7.56. The highest BCUT2D eigenvalue weighted by Crippen LogP contribution is 2.39. The number of rotatable bonds is 7. The maximum atomic E-state index is 5.20. The summed E-state index contributed by atoms with van der Waals surface area (Å²) >= 11 is 0. The van der Waals surface area contributed by atoms with E-state index in [0.717, 1.165) is 83.0 Å². The Morgan fingerprint density at radius 2 is 0.714 bits per heavy atom. The molecule has 0 aliphatic rings. The van der Waals surface area contributed by atoms with E-state index in [1.807, 2.05) is 42.5 Å². The van der Waals surface area contributed by atoms with Crippen LogP contribution in [-0.4, -0.2) is 19.9 Å². The molecule has 0 aliphatic heterocycles. The minimum Gasteiger partial charge on any atom is -0.248 e. The van der Waals surface area contributed by atoms with Gasteiger partial charge >= 0.3 is 0 Å². The fraction of sp³-hybridized carbons (Fsp3) is 0. The van der Waals surface area contributed by atoms with Gasteiger partial charge in [0.1, 0.15) is 0 Å². The summed E-state index contributed by atoms with van der Waals surface area (Å²) < 4.78 is 0. The smallest absolute Gasteiger partial charge is 0.164 e. The summed E-state index contributed by atoms with van der Waals surface area (Å²) in [5.74, 6) is 1.88. The summed E-state index contributed by atoms with van der Waals surface area (Å²) in [6.45, 7) is 0. The topological polar surface area (TPSA) is 51.6 Å². The lowest BCUT2D eigenvalue weighted by atomic mass is 9.92. The summed E-state index contributed by atoms with van der Waals surface area (Å²) in [7, 11) is 0. The van der Waals surface area contributed by atoms with E-state index in [-0.39, 0.29) is 0 Å². The van der Waals surface area contributed by atoms with Gasteiger partial charge in [-0.05, 0) is 74.5 Å². The van der Waals surface area contributed by atoms with Gasteiger partial charge < -0.3 is 0 Å². The predicted octanol–water partition coefficient (Wildman–Crippen LogP) is 13.2. The van der Waals surface area contributed by atoms with E-state index in [2.05, 4.69) is 164 Å². The molecule has 0 radical (unpaired) electrons. The van der Waals surface area contributed by atoms with Crippen molar-refractivity contribution in [3.05, 3.63) is 206 Å². The van der Waals surface area contributed by atoms with Crippen molar-refractivity contribution in [2.24, 2.45) is 0 Å².